The lowest BCUT2D eigenvalue weighted by molar-refractivity contribution is -0.120. The Bertz CT molecular complexity index is 685. The number of hydrogen-bond acceptors (Lipinski definition) is 4. The molecular formula is C20H27N3O2. The van der Waals surface area contributed by atoms with Gasteiger partial charge in [-0.1, -0.05) is 35.0 Å². The molecule has 0 radical (unpaired) electrons. The maximum atomic E-state index is 12.0. The van der Waals surface area contributed by atoms with E-state index >= 15 is 0 Å². The minimum atomic E-state index is 0.0235. The molecule has 25 heavy (non-hydrogen) atoms. The van der Waals surface area contributed by atoms with Crippen LogP contribution >= 0.6 is 0 Å². The number of hydrogen-bond donors (Lipinski definition) is 1. The molecule has 5 heteroatoms. The van der Waals surface area contributed by atoms with Crippen molar-refractivity contribution < 1.29 is 9.32 Å². The van der Waals surface area contributed by atoms with Crippen molar-refractivity contribution >= 4 is 5.91 Å². The molecular weight excluding hydrogens is 314 g/mol. The zero-order chi connectivity index (χ0) is 17.6. The predicted molar refractivity (Wildman–Crippen MR) is 97.1 cm³/mol. The Balaban J connectivity index is 1.36. The average Bonchev–Trinajstić information content (AvgIpc) is 3.01. The predicted octanol–water partition coefficient (Wildman–Crippen LogP) is 2.86. The van der Waals surface area contributed by atoms with Gasteiger partial charge in [-0.3, -0.25) is 9.69 Å². The van der Waals surface area contributed by atoms with Gasteiger partial charge in [-0.15, -0.1) is 0 Å². The summed E-state index contributed by atoms with van der Waals surface area (Å²) in [6.45, 7) is 7.92. The molecule has 2 heterocycles. The molecule has 2 aromatic rings. The summed E-state index contributed by atoms with van der Waals surface area (Å²) in [5.41, 5.74) is 3.38. The summed E-state index contributed by atoms with van der Waals surface area (Å²) >= 11 is 0. The van der Waals surface area contributed by atoms with Crippen LogP contribution in [-0.2, 0) is 17.8 Å². The monoisotopic (exact) mass is 341 g/mol. The Morgan fingerprint density at radius 1 is 1.24 bits per heavy atom. The fraction of sp³-hybridized carbons (Fsp3) is 0.500. The topological polar surface area (TPSA) is 58.4 Å². The Hall–Kier alpha value is -2.14. The van der Waals surface area contributed by atoms with E-state index in [-0.39, 0.29) is 5.91 Å². The van der Waals surface area contributed by atoms with Crippen molar-refractivity contribution in [3.63, 3.8) is 0 Å². The molecule has 3 rings (SSSR count). The zero-order valence-corrected chi connectivity index (χ0v) is 15.1. The molecule has 1 saturated heterocycles. The van der Waals surface area contributed by atoms with Gasteiger partial charge in [0.2, 0.25) is 5.91 Å². The molecule has 1 aromatic carbocycles. The lowest BCUT2D eigenvalue weighted by atomic mass is 9.96. The summed E-state index contributed by atoms with van der Waals surface area (Å²) in [4.78, 5) is 14.5. The van der Waals surface area contributed by atoms with Crippen molar-refractivity contribution in [1.29, 1.82) is 0 Å². The van der Waals surface area contributed by atoms with E-state index in [9.17, 15) is 4.79 Å². The third-order valence-electron chi connectivity index (χ3n) is 4.84. The number of amides is 1. The first-order valence-corrected chi connectivity index (χ1v) is 9.05. The van der Waals surface area contributed by atoms with Gasteiger partial charge in [0.25, 0.3) is 0 Å². The van der Waals surface area contributed by atoms with Gasteiger partial charge in [-0.2, -0.15) is 0 Å². The highest BCUT2D eigenvalue weighted by Gasteiger charge is 2.20. The van der Waals surface area contributed by atoms with Crippen molar-refractivity contribution in [2.24, 2.45) is 5.92 Å². The number of benzene rings is 1. The SMILES string of the molecule is Cc1ccc(CN2CCC(CNC(=O)Cc3cc(C)on3)CC2)cc1. The highest BCUT2D eigenvalue weighted by molar-refractivity contribution is 5.78. The normalized spacial score (nSPS) is 16.1. The van der Waals surface area contributed by atoms with Crippen molar-refractivity contribution in [3.8, 4) is 0 Å². The van der Waals surface area contributed by atoms with Crippen LogP contribution in [0.2, 0.25) is 0 Å². The summed E-state index contributed by atoms with van der Waals surface area (Å²) < 4.78 is 4.99. The number of piperidine rings is 1. The quantitative estimate of drug-likeness (QED) is 0.878. The number of carbonyl (C=O) groups is 1. The van der Waals surface area contributed by atoms with E-state index in [0.29, 0.717) is 18.0 Å². The minimum Gasteiger partial charge on any atom is -0.361 e. The zero-order valence-electron chi connectivity index (χ0n) is 15.1. The standard InChI is InChI=1S/C20H27N3O2/c1-15-3-5-18(6-4-15)14-23-9-7-17(8-10-23)13-21-20(24)12-19-11-16(2)25-22-19/h3-6,11,17H,7-10,12-14H2,1-2H3,(H,21,24). The van der Waals surface area contributed by atoms with Crippen LogP contribution in [0.5, 0.6) is 0 Å². The molecule has 0 aliphatic carbocycles. The molecule has 5 nitrogen and oxygen atoms in total. The van der Waals surface area contributed by atoms with Crippen LogP contribution in [0.1, 0.15) is 35.4 Å². The van der Waals surface area contributed by atoms with E-state index in [0.717, 1.165) is 44.8 Å². The number of aromatic nitrogens is 1. The molecule has 0 saturated carbocycles. The summed E-state index contributed by atoms with van der Waals surface area (Å²) in [5, 5.41) is 6.90. The molecule has 1 fully saturated rings. The average molecular weight is 341 g/mol. The second kappa shape index (κ2) is 8.30. The number of aryl methyl sites for hydroxylation is 2. The molecule has 134 valence electrons. The summed E-state index contributed by atoms with van der Waals surface area (Å²) in [7, 11) is 0. The number of rotatable bonds is 6. The number of carbonyl (C=O) groups excluding carboxylic acids is 1. The maximum absolute atomic E-state index is 12.0. The van der Waals surface area contributed by atoms with Gasteiger partial charge in [0, 0.05) is 19.2 Å². The summed E-state index contributed by atoms with van der Waals surface area (Å²) in [6.07, 6.45) is 2.56. The molecule has 1 N–H and O–H groups in total. The third kappa shape index (κ3) is 5.43. The fourth-order valence-corrected chi connectivity index (χ4v) is 3.29. The first-order chi connectivity index (χ1) is 12.1. The fourth-order valence-electron chi connectivity index (χ4n) is 3.29. The van der Waals surface area contributed by atoms with Gasteiger partial charge in [-0.05, 0) is 51.3 Å². The minimum absolute atomic E-state index is 0.0235. The Labute approximate surface area is 149 Å². The van der Waals surface area contributed by atoms with Crippen molar-refractivity contribution in [3.05, 3.63) is 52.9 Å². The van der Waals surface area contributed by atoms with Crippen LogP contribution in [0.3, 0.4) is 0 Å². The van der Waals surface area contributed by atoms with Gasteiger partial charge < -0.3 is 9.84 Å². The highest BCUT2D eigenvalue weighted by Crippen LogP contribution is 2.18. The molecule has 1 aliphatic heterocycles. The van der Waals surface area contributed by atoms with Crippen LogP contribution in [0.25, 0.3) is 0 Å². The van der Waals surface area contributed by atoms with E-state index in [1.54, 1.807) is 0 Å². The van der Waals surface area contributed by atoms with Gasteiger partial charge in [-0.25, -0.2) is 0 Å². The lowest BCUT2D eigenvalue weighted by Gasteiger charge is -2.32. The van der Waals surface area contributed by atoms with Crippen LogP contribution in [0.15, 0.2) is 34.9 Å². The van der Waals surface area contributed by atoms with E-state index in [2.05, 4.69) is 46.6 Å². The number of likely N-dealkylation sites (tertiary alicyclic amines) is 1. The first kappa shape index (κ1) is 17.7. The number of nitrogens with zero attached hydrogens (tertiary/aromatic N) is 2. The van der Waals surface area contributed by atoms with Gasteiger partial charge in [0.05, 0.1) is 12.1 Å². The maximum Gasteiger partial charge on any atom is 0.226 e. The van der Waals surface area contributed by atoms with Gasteiger partial charge in [0.1, 0.15) is 5.76 Å². The Kier molecular flexibility index (Phi) is 5.87. The summed E-state index contributed by atoms with van der Waals surface area (Å²) in [5.74, 6) is 1.33. The Morgan fingerprint density at radius 2 is 1.96 bits per heavy atom. The van der Waals surface area contributed by atoms with Gasteiger partial charge >= 0.3 is 0 Å². The summed E-state index contributed by atoms with van der Waals surface area (Å²) in [6, 6.07) is 10.6. The van der Waals surface area contributed by atoms with Crippen LogP contribution in [0.4, 0.5) is 0 Å². The molecule has 1 aromatic heterocycles. The Morgan fingerprint density at radius 3 is 2.60 bits per heavy atom. The number of nitrogens with one attached hydrogen (secondary N) is 1. The largest absolute Gasteiger partial charge is 0.361 e. The molecule has 0 spiro atoms. The molecule has 0 unspecified atom stereocenters. The second-order valence-electron chi connectivity index (χ2n) is 7.11. The van der Waals surface area contributed by atoms with E-state index in [1.807, 2.05) is 13.0 Å². The van der Waals surface area contributed by atoms with Crippen molar-refractivity contribution in [2.45, 2.75) is 39.7 Å². The molecule has 1 amide bonds. The van der Waals surface area contributed by atoms with E-state index in [1.165, 1.54) is 11.1 Å². The third-order valence-corrected chi connectivity index (χ3v) is 4.84. The molecule has 1 aliphatic rings. The van der Waals surface area contributed by atoms with Crippen LogP contribution in [0, 0.1) is 19.8 Å². The lowest BCUT2D eigenvalue weighted by Crippen LogP contribution is -2.38. The van der Waals surface area contributed by atoms with E-state index < -0.39 is 0 Å². The van der Waals surface area contributed by atoms with E-state index in [4.69, 9.17) is 4.52 Å². The molecule has 0 bridgehead atoms. The van der Waals surface area contributed by atoms with Gasteiger partial charge in [0.15, 0.2) is 0 Å². The van der Waals surface area contributed by atoms with Crippen LogP contribution < -0.4 is 5.32 Å². The molecule has 0 atom stereocenters. The second-order valence-corrected chi connectivity index (χ2v) is 7.11. The van der Waals surface area contributed by atoms with Crippen molar-refractivity contribution in [1.82, 2.24) is 15.4 Å². The van der Waals surface area contributed by atoms with Crippen molar-refractivity contribution in [2.75, 3.05) is 19.6 Å². The highest BCUT2D eigenvalue weighted by atomic mass is 16.5. The first-order valence-electron chi connectivity index (χ1n) is 9.05. The smallest absolute Gasteiger partial charge is 0.226 e. The van der Waals surface area contributed by atoms with Crippen LogP contribution in [-0.4, -0.2) is 35.6 Å².